The van der Waals surface area contributed by atoms with Crippen molar-refractivity contribution in [3.63, 3.8) is 0 Å². The van der Waals surface area contributed by atoms with E-state index in [1.165, 1.54) is 19.3 Å². The van der Waals surface area contributed by atoms with E-state index in [-0.39, 0.29) is 0 Å². The minimum absolute atomic E-state index is 0.589. The Morgan fingerprint density at radius 3 is 2.71 bits per heavy atom. The van der Waals surface area contributed by atoms with E-state index in [9.17, 15) is 0 Å². The number of nitrogens with two attached hydrogens (primary N) is 1. The van der Waals surface area contributed by atoms with Crippen molar-refractivity contribution in [3.8, 4) is 0 Å². The molecule has 1 aliphatic rings. The summed E-state index contributed by atoms with van der Waals surface area (Å²) in [6.07, 6.45) is 7.58. The van der Waals surface area contributed by atoms with Crippen LogP contribution in [0.15, 0.2) is 17.6 Å². The van der Waals surface area contributed by atoms with Crippen LogP contribution in [0.5, 0.6) is 0 Å². The predicted octanol–water partition coefficient (Wildman–Crippen LogP) is 2.64. The molecule has 1 saturated carbocycles. The van der Waals surface area contributed by atoms with E-state index in [2.05, 4.69) is 16.9 Å². The molecule has 4 heteroatoms. The van der Waals surface area contributed by atoms with Gasteiger partial charge in [0.15, 0.2) is 5.16 Å². The highest BCUT2D eigenvalue weighted by atomic mass is 32.2. The number of rotatable bonds is 3. The molecule has 2 rings (SSSR count). The molecule has 0 aromatic carbocycles. The van der Waals surface area contributed by atoms with Crippen LogP contribution in [0.2, 0.25) is 0 Å². The maximum Gasteiger partial charge on any atom is 0.187 e. The van der Waals surface area contributed by atoms with Crippen LogP contribution in [0.3, 0.4) is 0 Å². The highest BCUT2D eigenvalue weighted by molar-refractivity contribution is 7.99. The number of hydrogen-bond donors (Lipinski definition) is 1. The van der Waals surface area contributed by atoms with Crippen molar-refractivity contribution < 1.29 is 0 Å². The van der Waals surface area contributed by atoms with Crippen LogP contribution in [-0.2, 0) is 0 Å². The first-order chi connectivity index (χ1) is 8.19. The number of hydrogen-bond acceptors (Lipinski definition) is 4. The molecule has 0 radical (unpaired) electrons. The van der Waals surface area contributed by atoms with Gasteiger partial charge in [-0.25, -0.2) is 9.97 Å². The van der Waals surface area contributed by atoms with Gasteiger partial charge in [0.1, 0.15) is 0 Å². The average Bonchev–Trinajstić information content (AvgIpc) is 2.32. The van der Waals surface area contributed by atoms with Crippen LogP contribution >= 0.6 is 11.8 Å². The lowest BCUT2D eigenvalue weighted by Gasteiger charge is -2.33. The summed E-state index contributed by atoms with van der Waals surface area (Å²) in [7, 11) is 0. The van der Waals surface area contributed by atoms with Crippen molar-refractivity contribution in [2.75, 3.05) is 6.54 Å². The van der Waals surface area contributed by atoms with E-state index < -0.39 is 0 Å². The van der Waals surface area contributed by atoms with E-state index in [4.69, 9.17) is 5.73 Å². The molecule has 3 unspecified atom stereocenters. The second kappa shape index (κ2) is 5.83. The Hall–Kier alpha value is -0.610. The first kappa shape index (κ1) is 12.8. The van der Waals surface area contributed by atoms with Crippen LogP contribution in [0.25, 0.3) is 0 Å². The van der Waals surface area contributed by atoms with Gasteiger partial charge in [0.25, 0.3) is 0 Å². The summed E-state index contributed by atoms with van der Waals surface area (Å²) in [4.78, 5) is 8.75. The molecule has 1 heterocycles. The molecule has 1 fully saturated rings. The minimum Gasteiger partial charge on any atom is -0.330 e. The molecule has 0 bridgehead atoms. The smallest absolute Gasteiger partial charge is 0.187 e. The quantitative estimate of drug-likeness (QED) is 0.839. The summed E-state index contributed by atoms with van der Waals surface area (Å²) >= 11 is 1.81. The molecule has 2 N–H and O–H groups in total. The maximum atomic E-state index is 5.86. The molecule has 0 saturated heterocycles. The highest BCUT2D eigenvalue weighted by Gasteiger charge is 2.29. The van der Waals surface area contributed by atoms with Crippen molar-refractivity contribution in [1.29, 1.82) is 0 Å². The third-order valence-electron chi connectivity index (χ3n) is 3.51. The SMILES string of the molecule is Cc1cnc(SC2CC(C)CCC2CN)nc1. The van der Waals surface area contributed by atoms with Gasteiger partial charge in [-0.1, -0.05) is 25.1 Å². The van der Waals surface area contributed by atoms with Crippen LogP contribution in [0.1, 0.15) is 31.7 Å². The monoisotopic (exact) mass is 251 g/mol. The lowest BCUT2D eigenvalue weighted by atomic mass is 9.82. The van der Waals surface area contributed by atoms with E-state index in [1.54, 1.807) is 0 Å². The summed E-state index contributed by atoms with van der Waals surface area (Å²) in [5, 5.41) is 1.49. The third-order valence-corrected chi connectivity index (χ3v) is 4.81. The molecule has 94 valence electrons. The number of nitrogens with zero attached hydrogens (tertiary/aromatic N) is 2. The van der Waals surface area contributed by atoms with E-state index in [0.717, 1.165) is 23.2 Å². The van der Waals surface area contributed by atoms with Crippen molar-refractivity contribution in [2.24, 2.45) is 17.6 Å². The van der Waals surface area contributed by atoms with Gasteiger partial charge in [0, 0.05) is 17.6 Å². The fourth-order valence-corrected chi connectivity index (χ4v) is 3.74. The standard InChI is InChI=1S/C13H21N3S/c1-9-3-4-11(6-14)12(5-9)17-13-15-7-10(2)8-16-13/h7-9,11-12H,3-6,14H2,1-2H3. The first-order valence-electron chi connectivity index (χ1n) is 6.34. The van der Waals surface area contributed by atoms with E-state index in [1.807, 2.05) is 31.1 Å². The molecule has 1 aromatic heterocycles. The maximum absolute atomic E-state index is 5.86. The number of aryl methyl sites for hydroxylation is 1. The Bertz CT molecular complexity index is 352. The Labute approximate surface area is 108 Å². The minimum atomic E-state index is 0.589. The summed E-state index contributed by atoms with van der Waals surface area (Å²) in [5.74, 6) is 1.43. The molecule has 0 amide bonds. The molecule has 0 aliphatic heterocycles. The van der Waals surface area contributed by atoms with Crippen LogP contribution in [0.4, 0.5) is 0 Å². The molecule has 3 nitrogen and oxygen atoms in total. The van der Waals surface area contributed by atoms with Crippen LogP contribution < -0.4 is 5.73 Å². The van der Waals surface area contributed by atoms with Crippen molar-refractivity contribution in [2.45, 2.75) is 43.5 Å². The Morgan fingerprint density at radius 2 is 2.06 bits per heavy atom. The van der Waals surface area contributed by atoms with Gasteiger partial charge >= 0.3 is 0 Å². The third kappa shape index (κ3) is 3.42. The van der Waals surface area contributed by atoms with Crippen LogP contribution in [-0.4, -0.2) is 21.8 Å². The van der Waals surface area contributed by atoms with Gasteiger partial charge in [0.05, 0.1) is 0 Å². The van der Waals surface area contributed by atoms with Gasteiger partial charge in [-0.05, 0) is 43.7 Å². The summed E-state index contributed by atoms with van der Waals surface area (Å²) in [6, 6.07) is 0. The van der Waals surface area contributed by atoms with Crippen molar-refractivity contribution in [3.05, 3.63) is 18.0 Å². The van der Waals surface area contributed by atoms with Crippen molar-refractivity contribution >= 4 is 11.8 Å². The summed E-state index contributed by atoms with van der Waals surface area (Å²) in [6.45, 7) is 5.13. The fraction of sp³-hybridized carbons (Fsp3) is 0.692. The number of aromatic nitrogens is 2. The van der Waals surface area contributed by atoms with Gasteiger partial charge < -0.3 is 5.73 Å². The second-order valence-corrected chi connectivity index (χ2v) is 6.32. The summed E-state index contributed by atoms with van der Waals surface area (Å²) < 4.78 is 0. The molecule has 0 spiro atoms. The summed E-state index contributed by atoms with van der Waals surface area (Å²) in [5.41, 5.74) is 6.98. The largest absolute Gasteiger partial charge is 0.330 e. The Kier molecular flexibility index (Phi) is 4.40. The van der Waals surface area contributed by atoms with E-state index >= 15 is 0 Å². The Balaban J connectivity index is 2.02. The lowest BCUT2D eigenvalue weighted by Crippen LogP contribution is -2.31. The fourth-order valence-electron chi connectivity index (χ4n) is 2.38. The highest BCUT2D eigenvalue weighted by Crippen LogP contribution is 2.38. The molecular weight excluding hydrogens is 230 g/mol. The zero-order valence-electron chi connectivity index (χ0n) is 10.6. The van der Waals surface area contributed by atoms with Gasteiger partial charge in [0.2, 0.25) is 0 Å². The van der Waals surface area contributed by atoms with E-state index in [0.29, 0.717) is 11.2 Å². The van der Waals surface area contributed by atoms with Gasteiger partial charge in [-0.2, -0.15) is 0 Å². The molecule has 17 heavy (non-hydrogen) atoms. The zero-order valence-corrected chi connectivity index (χ0v) is 11.4. The van der Waals surface area contributed by atoms with Gasteiger partial charge in [-0.15, -0.1) is 0 Å². The van der Waals surface area contributed by atoms with Gasteiger partial charge in [-0.3, -0.25) is 0 Å². The molecular formula is C13H21N3S. The first-order valence-corrected chi connectivity index (χ1v) is 7.22. The number of thioether (sulfide) groups is 1. The molecule has 1 aromatic rings. The van der Waals surface area contributed by atoms with Crippen molar-refractivity contribution in [1.82, 2.24) is 9.97 Å². The molecule has 1 aliphatic carbocycles. The predicted molar refractivity (Wildman–Crippen MR) is 72.0 cm³/mol. The average molecular weight is 251 g/mol. The zero-order chi connectivity index (χ0) is 12.3. The van der Waals surface area contributed by atoms with Crippen LogP contribution in [0, 0.1) is 18.8 Å². The normalized spacial score (nSPS) is 29.2. The lowest BCUT2D eigenvalue weighted by molar-refractivity contribution is 0.306. The topological polar surface area (TPSA) is 51.8 Å². The Morgan fingerprint density at radius 1 is 1.35 bits per heavy atom. The second-order valence-electron chi connectivity index (χ2n) is 5.11. The molecule has 3 atom stereocenters.